The third-order valence-electron chi connectivity index (χ3n) is 5.92. The average molecular weight is 398 g/mol. The summed E-state index contributed by atoms with van der Waals surface area (Å²) in [7, 11) is 0. The Morgan fingerprint density at radius 3 is 2.37 bits per heavy atom. The van der Waals surface area contributed by atoms with Crippen molar-refractivity contribution in [2.45, 2.75) is 18.9 Å². The predicted octanol–water partition coefficient (Wildman–Crippen LogP) is 5.84. The normalized spacial score (nSPS) is 18.4. The Morgan fingerprint density at radius 2 is 1.57 bits per heavy atom. The maximum absolute atomic E-state index is 6.46. The van der Waals surface area contributed by atoms with Crippen molar-refractivity contribution in [2.75, 3.05) is 26.2 Å². The Bertz CT molecular complexity index is 1000. The van der Waals surface area contributed by atoms with E-state index < -0.39 is 0 Å². The van der Waals surface area contributed by atoms with Gasteiger partial charge in [0.1, 0.15) is 24.2 Å². The lowest BCUT2D eigenvalue weighted by Gasteiger charge is -2.28. The molecule has 0 saturated carbocycles. The van der Waals surface area contributed by atoms with Crippen LogP contribution >= 0.6 is 0 Å². The van der Waals surface area contributed by atoms with E-state index >= 15 is 0 Å². The Kier molecular flexibility index (Phi) is 5.54. The van der Waals surface area contributed by atoms with E-state index in [9.17, 15) is 0 Å². The molecule has 0 bridgehead atoms. The van der Waals surface area contributed by atoms with Crippen molar-refractivity contribution in [3.63, 3.8) is 0 Å². The molecule has 3 aromatic rings. The molecule has 0 N–H and O–H groups in total. The number of ether oxygens (including phenoxy) is 2. The molecular formula is C27H27NO2. The zero-order valence-corrected chi connectivity index (χ0v) is 17.2. The van der Waals surface area contributed by atoms with Crippen molar-refractivity contribution in [1.29, 1.82) is 0 Å². The molecule has 0 amide bonds. The van der Waals surface area contributed by atoms with Gasteiger partial charge < -0.3 is 9.47 Å². The molecule has 152 valence electrons. The van der Waals surface area contributed by atoms with E-state index in [1.54, 1.807) is 0 Å². The van der Waals surface area contributed by atoms with E-state index in [-0.39, 0.29) is 6.10 Å². The van der Waals surface area contributed by atoms with Crippen molar-refractivity contribution in [2.24, 2.45) is 0 Å². The van der Waals surface area contributed by atoms with Crippen LogP contribution in [0.2, 0.25) is 0 Å². The van der Waals surface area contributed by atoms with E-state index in [0.717, 1.165) is 35.8 Å². The molecule has 0 aliphatic carbocycles. The molecule has 1 saturated heterocycles. The molecule has 2 aliphatic rings. The van der Waals surface area contributed by atoms with Gasteiger partial charge in [-0.15, -0.1) is 0 Å². The second-order valence-corrected chi connectivity index (χ2v) is 7.97. The summed E-state index contributed by atoms with van der Waals surface area (Å²) in [4.78, 5) is 2.47. The molecule has 2 heterocycles. The molecule has 1 fully saturated rings. The highest BCUT2D eigenvalue weighted by atomic mass is 16.5. The molecule has 0 aromatic heterocycles. The minimum Gasteiger partial charge on any atom is -0.492 e. The van der Waals surface area contributed by atoms with Crippen molar-refractivity contribution in [3.8, 4) is 11.5 Å². The quantitative estimate of drug-likeness (QED) is 0.522. The summed E-state index contributed by atoms with van der Waals surface area (Å²) in [6.07, 6.45) is 4.74. The van der Waals surface area contributed by atoms with E-state index in [1.165, 1.54) is 37.1 Å². The first kappa shape index (κ1) is 19.0. The van der Waals surface area contributed by atoms with Gasteiger partial charge in [-0.1, -0.05) is 60.7 Å². The number of nitrogens with zero attached hydrogens (tertiary/aromatic N) is 1. The Balaban J connectivity index is 1.35. The molecule has 1 atom stereocenters. The molecular weight excluding hydrogens is 370 g/mol. The summed E-state index contributed by atoms with van der Waals surface area (Å²) in [6.45, 7) is 4.15. The highest BCUT2D eigenvalue weighted by molar-refractivity contribution is 5.87. The fourth-order valence-corrected chi connectivity index (χ4v) is 4.29. The fourth-order valence-electron chi connectivity index (χ4n) is 4.29. The Hall–Kier alpha value is -3.04. The van der Waals surface area contributed by atoms with Crippen molar-refractivity contribution >= 4 is 11.6 Å². The number of para-hydroxylation sites is 1. The third-order valence-corrected chi connectivity index (χ3v) is 5.92. The number of hydrogen-bond acceptors (Lipinski definition) is 3. The molecule has 3 nitrogen and oxygen atoms in total. The molecule has 2 aliphatic heterocycles. The molecule has 30 heavy (non-hydrogen) atoms. The van der Waals surface area contributed by atoms with Gasteiger partial charge in [0.2, 0.25) is 0 Å². The van der Waals surface area contributed by atoms with E-state index in [2.05, 4.69) is 71.6 Å². The van der Waals surface area contributed by atoms with Gasteiger partial charge in [-0.25, -0.2) is 0 Å². The van der Waals surface area contributed by atoms with Crippen LogP contribution in [-0.4, -0.2) is 31.1 Å². The molecule has 3 aromatic carbocycles. The third kappa shape index (κ3) is 4.12. The lowest BCUT2D eigenvalue weighted by atomic mass is 9.91. The van der Waals surface area contributed by atoms with Crippen LogP contribution < -0.4 is 9.47 Å². The molecule has 0 radical (unpaired) electrons. The highest BCUT2D eigenvalue weighted by Crippen LogP contribution is 2.42. The number of rotatable bonds is 6. The first-order valence-corrected chi connectivity index (χ1v) is 10.8. The minimum absolute atomic E-state index is 0.138. The van der Waals surface area contributed by atoms with Crippen LogP contribution in [0, 0.1) is 0 Å². The standard InChI is InChI=1S/C27H27NO2/c1-2-8-21(9-3-1)25-20-23-10-4-5-11-26(23)30-27(25)22-12-14-24(15-13-22)29-19-18-28-16-6-7-17-28/h1-5,8-15,20,27H,6-7,16-19H2/t27-/m0/s1. The van der Waals surface area contributed by atoms with Crippen LogP contribution in [0.3, 0.4) is 0 Å². The summed E-state index contributed by atoms with van der Waals surface area (Å²) in [5.41, 5.74) is 4.61. The number of likely N-dealkylation sites (tertiary alicyclic amines) is 1. The number of fused-ring (bicyclic) bond motifs is 1. The summed E-state index contributed by atoms with van der Waals surface area (Å²) >= 11 is 0. The van der Waals surface area contributed by atoms with Crippen LogP contribution in [0.5, 0.6) is 11.5 Å². The Labute approximate surface area is 178 Å². The predicted molar refractivity (Wildman–Crippen MR) is 122 cm³/mol. The van der Waals surface area contributed by atoms with Crippen molar-refractivity contribution < 1.29 is 9.47 Å². The largest absolute Gasteiger partial charge is 0.492 e. The second kappa shape index (κ2) is 8.76. The summed E-state index contributed by atoms with van der Waals surface area (Å²) in [6, 6.07) is 27.1. The van der Waals surface area contributed by atoms with Crippen LogP contribution in [-0.2, 0) is 0 Å². The van der Waals surface area contributed by atoms with E-state index in [1.807, 2.05) is 18.2 Å². The molecule has 3 heteroatoms. The van der Waals surface area contributed by atoms with Gasteiger partial charge >= 0.3 is 0 Å². The lowest BCUT2D eigenvalue weighted by molar-refractivity contribution is 0.237. The maximum atomic E-state index is 6.46. The zero-order chi connectivity index (χ0) is 20.2. The topological polar surface area (TPSA) is 21.7 Å². The highest BCUT2D eigenvalue weighted by Gasteiger charge is 2.25. The van der Waals surface area contributed by atoms with E-state index in [4.69, 9.17) is 9.47 Å². The van der Waals surface area contributed by atoms with Crippen LogP contribution in [0.1, 0.15) is 35.6 Å². The SMILES string of the molecule is C1=C(c2ccccc2)[C@H](c2ccc(OCCN3CCCC3)cc2)Oc2ccccc21. The smallest absolute Gasteiger partial charge is 0.149 e. The average Bonchev–Trinajstić information content (AvgIpc) is 3.33. The number of hydrogen-bond donors (Lipinski definition) is 0. The molecule has 5 rings (SSSR count). The maximum Gasteiger partial charge on any atom is 0.149 e. The van der Waals surface area contributed by atoms with Gasteiger partial charge in [0.05, 0.1) is 0 Å². The van der Waals surface area contributed by atoms with E-state index in [0.29, 0.717) is 0 Å². The molecule has 0 spiro atoms. The summed E-state index contributed by atoms with van der Waals surface area (Å²) < 4.78 is 12.4. The van der Waals surface area contributed by atoms with Gasteiger partial charge in [-0.3, -0.25) is 4.90 Å². The summed E-state index contributed by atoms with van der Waals surface area (Å²) in [5.74, 6) is 1.84. The zero-order valence-electron chi connectivity index (χ0n) is 17.2. The molecule has 0 unspecified atom stereocenters. The fraction of sp³-hybridized carbons (Fsp3) is 0.259. The van der Waals surface area contributed by atoms with Gasteiger partial charge in [0.15, 0.2) is 0 Å². The van der Waals surface area contributed by atoms with Crippen LogP contribution in [0.25, 0.3) is 11.6 Å². The van der Waals surface area contributed by atoms with Crippen LogP contribution in [0.4, 0.5) is 0 Å². The van der Waals surface area contributed by atoms with Crippen molar-refractivity contribution in [1.82, 2.24) is 4.90 Å². The van der Waals surface area contributed by atoms with Crippen molar-refractivity contribution in [3.05, 3.63) is 95.6 Å². The number of benzene rings is 3. The Morgan fingerprint density at radius 1 is 0.833 bits per heavy atom. The monoisotopic (exact) mass is 397 g/mol. The van der Waals surface area contributed by atoms with Crippen LogP contribution in [0.15, 0.2) is 78.9 Å². The lowest BCUT2D eigenvalue weighted by Crippen LogP contribution is -2.25. The first-order chi connectivity index (χ1) is 14.9. The first-order valence-electron chi connectivity index (χ1n) is 10.8. The van der Waals surface area contributed by atoms with Gasteiger partial charge in [-0.05, 0) is 61.3 Å². The minimum atomic E-state index is -0.138. The summed E-state index contributed by atoms with van der Waals surface area (Å²) in [5, 5.41) is 0. The second-order valence-electron chi connectivity index (χ2n) is 7.97. The van der Waals surface area contributed by atoms with Gasteiger partial charge in [-0.2, -0.15) is 0 Å². The van der Waals surface area contributed by atoms with Gasteiger partial charge in [0.25, 0.3) is 0 Å². The van der Waals surface area contributed by atoms with Gasteiger partial charge in [0, 0.05) is 17.7 Å².